The van der Waals surface area contributed by atoms with E-state index in [2.05, 4.69) is 114 Å². The predicted molar refractivity (Wildman–Crippen MR) is 322 cm³/mol. The minimum atomic E-state index is 1.14. The molecule has 0 radical (unpaired) electrons. The summed E-state index contributed by atoms with van der Waals surface area (Å²) in [6, 6.07) is 0. The van der Waals surface area contributed by atoms with E-state index in [-0.39, 0.29) is 0 Å². The highest BCUT2D eigenvalue weighted by Crippen LogP contribution is 2.15. The van der Waals surface area contributed by atoms with Crippen molar-refractivity contribution in [3.8, 4) is 0 Å². The van der Waals surface area contributed by atoms with Gasteiger partial charge in [-0.15, -0.1) is 0 Å². The Balaban J connectivity index is -0.0000000301. The second-order valence-corrected chi connectivity index (χ2v) is 10.6. The molecule has 0 heteroatoms. The third-order valence-electron chi connectivity index (χ3n) is 5.63. The number of hydrogen-bond acceptors (Lipinski definition) is 0. The summed E-state index contributed by atoms with van der Waals surface area (Å²) >= 11 is 0. The van der Waals surface area contributed by atoms with Gasteiger partial charge in [0.15, 0.2) is 0 Å². The minimum Gasteiger partial charge on any atom is -0.0885 e. The van der Waals surface area contributed by atoms with Crippen LogP contribution in [0.3, 0.4) is 0 Å². The molecule has 2 saturated carbocycles. The van der Waals surface area contributed by atoms with Crippen molar-refractivity contribution in [2.45, 2.75) is 343 Å². The molecule has 0 nitrogen and oxygen atoms in total. The Bertz CT molecular complexity index is 447. The molecule has 0 aliphatic heterocycles. The van der Waals surface area contributed by atoms with E-state index in [1.807, 2.05) is 166 Å². The molecule has 396 valence electrons. The average molecular weight is 902 g/mol. The van der Waals surface area contributed by atoms with E-state index in [0.29, 0.717) is 0 Å². The maximum absolute atomic E-state index is 2.24. The lowest BCUT2D eigenvalue weighted by Crippen LogP contribution is -1.50. The fourth-order valence-corrected chi connectivity index (χ4v) is 3.73. The van der Waals surface area contributed by atoms with E-state index in [0.717, 1.165) is 12.8 Å². The van der Waals surface area contributed by atoms with Gasteiger partial charge in [-0.2, -0.15) is 0 Å². The first-order valence-corrected chi connectivity index (χ1v) is 29.2. The lowest BCUT2D eigenvalue weighted by molar-refractivity contribution is 0.886. The summed E-state index contributed by atoms with van der Waals surface area (Å²) in [6.45, 7) is 60.8. The molecule has 63 heavy (non-hydrogen) atoms. The van der Waals surface area contributed by atoms with Crippen LogP contribution in [-0.2, 0) is 0 Å². The van der Waals surface area contributed by atoms with Crippen LogP contribution >= 0.6 is 0 Å². The highest BCUT2D eigenvalue weighted by atomic mass is 14.0. The molecule has 6 aliphatic carbocycles. The monoisotopic (exact) mass is 901 g/mol. The van der Waals surface area contributed by atoms with E-state index in [1.54, 1.807) is 0 Å². The smallest absolute Gasteiger partial charge is 0.0163 e. The van der Waals surface area contributed by atoms with Crippen LogP contribution in [0.15, 0.2) is 72.9 Å². The molecule has 0 aromatic carbocycles. The zero-order valence-electron chi connectivity index (χ0n) is 51.8. The van der Waals surface area contributed by atoms with Gasteiger partial charge in [-0.05, 0) is 51.4 Å². The molecule has 0 atom stereocenters. The highest BCUT2D eigenvalue weighted by molar-refractivity contribution is 5.12. The maximum Gasteiger partial charge on any atom is -0.0163 e. The van der Waals surface area contributed by atoms with Gasteiger partial charge in [0.1, 0.15) is 0 Å². The summed E-state index contributed by atoms with van der Waals surface area (Å²) in [7, 11) is 0. The molecule has 0 unspecified atom stereocenters. The van der Waals surface area contributed by atoms with Crippen LogP contribution in [0.4, 0.5) is 0 Å². The SMILES string of the molecule is C1=CCC=C1.C1=CCC=C1.C1=CCCC1.C1=CCCC1.C1CCCC1.C1CCCC1.CC.CC.CC.CC.CC.CC.CC.CC.CC.CC.CC.CC.CCC.CCC.CCC. The quantitative estimate of drug-likeness (QED) is 0.213. The van der Waals surface area contributed by atoms with Crippen molar-refractivity contribution in [1.29, 1.82) is 0 Å². The summed E-state index contributed by atoms with van der Waals surface area (Å²) in [5, 5.41) is 0. The summed E-state index contributed by atoms with van der Waals surface area (Å²) in [5.41, 5.74) is 0. The summed E-state index contributed by atoms with van der Waals surface area (Å²) in [5.74, 6) is 0. The Hall–Kier alpha value is -1.56. The van der Waals surface area contributed by atoms with Crippen molar-refractivity contribution in [1.82, 2.24) is 0 Å². The molecule has 2 fully saturated rings. The van der Waals surface area contributed by atoms with Crippen molar-refractivity contribution >= 4 is 0 Å². The molecular formula is C63H144. The molecule has 0 saturated heterocycles. The van der Waals surface area contributed by atoms with Crippen LogP contribution in [-0.4, -0.2) is 0 Å². The standard InChI is InChI=1S/2C5H10.2C5H8.2C5H6.3C3H8.12C2H6/c6*1-2-4-5-3-1;3*1-3-2;12*1-2/h2*1-5H2;2*1-2H,3-5H2;2*1-4H,5H2;3*3H2,1-2H3;12*1-2H3. The van der Waals surface area contributed by atoms with Crippen LogP contribution in [0.5, 0.6) is 0 Å². The zero-order chi connectivity index (χ0) is 53.3. The normalized spacial score (nSPS) is 11.9. The fraction of sp³-hybridized carbons (Fsp3) is 0.810. The Morgan fingerprint density at radius 2 is 0.302 bits per heavy atom. The van der Waals surface area contributed by atoms with Gasteiger partial charge in [0.2, 0.25) is 0 Å². The first-order valence-electron chi connectivity index (χ1n) is 29.2. The third-order valence-corrected chi connectivity index (χ3v) is 5.63. The Kier molecular flexibility index (Phi) is 357. The first-order chi connectivity index (χ1) is 31.2. The average Bonchev–Trinajstić information content (AvgIpc) is 4.26. The highest BCUT2D eigenvalue weighted by Gasteiger charge is 1.96. The third kappa shape index (κ3) is 255. The predicted octanol–water partition coefficient (Wildman–Crippen LogP) is 26.9. The van der Waals surface area contributed by atoms with Gasteiger partial charge in [-0.1, -0.05) is 364 Å². The molecule has 0 amide bonds. The zero-order valence-corrected chi connectivity index (χ0v) is 51.8. The largest absolute Gasteiger partial charge is 0.0885 e. The van der Waals surface area contributed by atoms with E-state index in [9.17, 15) is 0 Å². The minimum absolute atomic E-state index is 1.14. The van der Waals surface area contributed by atoms with Crippen molar-refractivity contribution in [2.75, 3.05) is 0 Å². The maximum atomic E-state index is 2.24. The molecule has 0 spiro atoms. The number of rotatable bonds is 0. The van der Waals surface area contributed by atoms with E-state index < -0.39 is 0 Å². The molecule has 0 heterocycles. The Labute approximate surface area is 413 Å². The topological polar surface area (TPSA) is 0 Å². The second kappa shape index (κ2) is 216. The summed E-state index contributed by atoms with van der Waals surface area (Å²) < 4.78 is 0. The Morgan fingerprint density at radius 3 is 0.349 bits per heavy atom. The van der Waals surface area contributed by atoms with Gasteiger partial charge in [0.05, 0.1) is 0 Å². The van der Waals surface area contributed by atoms with Gasteiger partial charge < -0.3 is 0 Å². The fourth-order valence-electron chi connectivity index (χ4n) is 3.73. The van der Waals surface area contributed by atoms with Crippen molar-refractivity contribution in [3.63, 3.8) is 0 Å². The summed E-state index contributed by atoms with van der Waals surface area (Å²) in [6.07, 6.45) is 54.7. The van der Waals surface area contributed by atoms with Gasteiger partial charge >= 0.3 is 0 Å². The number of hydrogen-bond donors (Lipinski definition) is 0. The van der Waals surface area contributed by atoms with Crippen molar-refractivity contribution in [2.24, 2.45) is 0 Å². The molecule has 0 bridgehead atoms. The van der Waals surface area contributed by atoms with Crippen molar-refractivity contribution in [3.05, 3.63) is 72.9 Å². The van der Waals surface area contributed by atoms with Crippen LogP contribution in [0.2, 0.25) is 0 Å². The van der Waals surface area contributed by atoms with E-state index in [1.165, 1.54) is 122 Å². The van der Waals surface area contributed by atoms with E-state index in [4.69, 9.17) is 0 Å². The molecule has 0 aromatic heterocycles. The molecular weight excluding hydrogens is 757 g/mol. The van der Waals surface area contributed by atoms with Crippen molar-refractivity contribution < 1.29 is 0 Å². The van der Waals surface area contributed by atoms with Gasteiger partial charge in [0.25, 0.3) is 0 Å². The van der Waals surface area contributed by atoms with Crippen LogP contribution < -0.4 is 0 Å². The van der Waals surface area contributed by atoms with Crippen LogP contribution in [0, 0.1) is 0 Å². The lowest BCUT2D eigenvalue weighted by atomic mass is 10.4. The Morgan fingerprint density at radius 1 is 0.190 bits per heavy atom. The van der Waals surface area contributed by atoms with Gasteiger partial charge in [-0.3, -0.25) is 0 Å². The molecule has 0 aromatic rings. The van der Waals surface area contributed by atoms with Crippen LogP contribution in [0.25, 0.3) is 0 Å². The van der Waals surface area contributed by atoms with Crippen LogP contribution in [0.1, 0.15) is 343 Å². The second-order valence-electron chi connectivity index (χ2n) is 10.6. The lowest BCUT2D eigenvalue weighted by Gasteiger charge is -1.69. The molecule has 6 rings (SSSR count). The van der Waals surface area contributed by atoms with Gasteiger partial charge in [0, 0.05) is 0 Å². The first kappa shape index (κ1) is 104. The molecule has 0 N–H and O–H groups in total. The molecule has 6 aliphatic rings. The summed E-state index contributed by atoms with van der Waals surface area (Å²) in [4.78, 5) is 0. The number of allylic oxidation sites excluding steroid dienone is 12. The van der Waals surface area contributed by atoms with Gasteiger partial charge in [-0.25, -0.2) is 0 Å². The van der Waals surface area contributed by atoms with E-state index >= 15 is 0 Å².